The summed E-state index contributed by atoms with van der Waals surface area (Å²) in [6, 6.07) is 0. The lowest BCUT2D eigenvalue weighted by molar-refractivity contribution is 0.560. The van der Waals surface area contributed by atoms with E-state index in [1.807, 2.05) is 18.4 Å². The fraction of sp³-hybridized carbons (Fsp3) is 0.167. The van der Waals surface area contributed by atoms with E-state index in [1.54, 1.807) is 0 Å². The van der Waals surface area contributed by atoms with E-state index in [0.29, 0.717) is 5.75 Å². The molecule has 0 aromatic carbocycles. The molecule has 1 aliphatic rings. The number of thiol groups is 1. The third kappa shape index (κ3) is 1.23. The molecule has 0 N–H and O–H groups in total. The average Bonchev–Trinajstić information content (AvgIpc) is 2.19. The van der Waals surface area contributed by atoms with Gasteiger partial charge in [-0.1, -0.05) is 12.2 Å². The highest BCUT2D eigenvalue weighted by molar-refractivity contribution is 8.22. The van der Waals surface area contributed by atoms with Gasteiger partial charge in [-0.3, -0.25) is 4.79 Å². The minimum Gasteiger partial charge on any atom is -0.290 e. The third-order valence-corrected chi connectivity index (χ3v) is 2.52. The maximum atomic E-state index is 9.78. The second kappa shape index (κ2) is 2.72. The molecular formula is C6H7OS. The van der Waals surface area contributed by atoms with Crippen LogP contribution in [-0.2, 0) is 4.79 Å². The Morgan fingerprint density at radius 1 is 1.38 bits per heavy atom. The van der Waals surface area contributed by atoms with Crippen molar-refractivity contribution in [2.24, 2.45) is 0 Å². The van der Waals surface area contributed by atoms with Crippen LogP contribution in [0.5, 0.6) is 0 Å². The zero-order valence-electron chi connectivity index (χ0n) is 4.37. The van der Waals surface area contributed by atoms with Crippen LogP contribution in [-0.4, -0.2) is 12.0 Å². The monoisotopic (exact) mass is 127 g/mol. The largest absolute Gasteiger partial charge is 0.290 e. The normalized spacial score (nSPS) is 19.8. The highest BCUT2D eigenvalue weighted by Gasteiger charge is 1.95. The van der Waals surface area contributed by atoms with Gasteiger partial charge in [-0.05, 0) is 10.8 Å². The topological polar surface area (TPSA) is 17.1 Å². The molecule has 0 saturated heterocycles. The first-order chi connectivity index (χ1) is 3.93. The number of rotatable bonds is 2. The smallest absolute Gasteiger partial charge is 0.207 e. The van der Waals surface area contributed by atoms with E-state index in [9.17, 15) is 4.79 Å². The van der Waals surface area contributed by atoms with E-state index < -0.39 is 0 Å². The van der Waals surface area contributed by atoms with Crippen molar-refractivity contribution in [1.82, 2.24) is 0 Å². The van der Waals surface area contributed by atoms with E-state index in [-0.39, 0.29) is 10.9 Å². The molecule has 0 bridgehead atoms. The van der Waals surface area contributed by atoms with Gasteiger partial charge >= 0.3 is 0 Å². The standard InChI is InChI=1S/C6H7OS/c7-3-6-8-4-1-2-5-8/h1-2,4-5,8H,6H2. The van der Waals surface area contributed by atoms with Crippen LogP contribution in [0.3, 0.4) is 0 Å². The molecule has 0 unspecified atom stereocenters. The second-order valence-electron chi connectivity index (χ2n) is 1.50. The lowest BCUT2D eigenvalue weighted by Crippen LogP contribution is -1.79. The van der Waals surface area contributed by atoms with Crippen molar-refractivity contribution in [3.05, 3.63) is 23.0 Å². The molecule has 0 aliphatic carbocycles. The molecule has 0 spiro atoms. The fourth-order valence-electron chi connectivity index (χ4n) is 0.550. The van der Waals surface area contributed by atoms with Crippen molar-refractivity contribution >= 4 is 17.2 Å². The van der Waals surface area contributed by atoms with Gasteiger partial charge in [-0.15, -0.1) is 0 Å². The van der Waals surface area contributed by atoms with Crippen molar-refractivity contribution in [2.45, 2.75) is 0 Å². The Morgan fingerprint density at radius 2 is 2.00 bits per heavy atom. The summed E-state index contributed by atoms with van der Waals surface area (Å²) in [6.45, 7) is 0. The predicted molar refractivity (Wildman–Crippen MR) is 37.8 cm³/mol. The molecule has 0 aromatic heterocycles. The predicted octanol–water partition coefficient (Wildman–Crippen LogP) is 1.14. The van der Waals surface area contributed by atoms with Gasteiger partial charge in [0, 0.05) is 5.75 Å². The molecule has 1 aliphatic heterocycles. The molecule has 0 atom stereocenters. The van der Waals surface area contributed by atoms with Crippen molar-refractivity contribution in [2.75, 3.05) is 5.75 Å². The van der Waals surface area contributed by atoms with Gasteiger partial charge in [0.25, 0.3) is 0 Å². The number of hydrogen-bond donors (Lipinski definition) is 1. The van der Waals surface area contributed by atoms with Crippen molar-refractivity contribution in [3.63, 3.8) is 0 Å². The Labute approximate surface area is 51.4 Å². The number of allylic oxidation sites excluding steroid dienone is 2. The van der Waals surface area contributed by atoms with Crippen LogP contribution < -0.4 is 0 Å². The van der Waals surface area contributed by atoms with Gasteiger partial charge in [-0.2, -0.15) is 0 Å². The summed E-state index contributed by atoms with van der Waals surface area (Å²) >= 11 is 0. The third-order valence-electron chi connectivity index (χ3n) is 0.913. The summed E-state index contributed by atoms with van der Waals surface area (Å²) in [5, 5.41) is 4.11. The van der Waals surface area contributed by atoms with Crippen LogP contribution in [0.1, 0.15) is 0 Å². The van der Waals surface area contributed by atoms with Gasteiger partial charge in [-0.25, -0.2) is 10.9 Å². The molecule has 0 saturated carbocycles. The van der Waals surface area contributed by atoms with Crippen LogP contribution in [0.4, 0.5) is 0 Å². The molecule has 1 nitrogen and oxygen atoms in total. The quantitative estimate of drug-likeness (QED) is 0.550. The first kappa shape index (κ1) is 5.63. The maximum Gasteiger partial charge on any atom is 0.207 e. The van der Waals surface area contributed by atoms with Crippen LogP contribution >= 0.6 is 10.9 Å². The maximum absolute atomic E-state index is 9.78. The Balaban J connectivity index is 2.37. The summed E-state index contributed by atoms with van der Waals surface area (Å²) in [5.74, 6) is 0.572. The molecule has 1 heterocycles. The molecule has 8 heavy (non-hydrogen) atoms. The van der Waals surface area contributed by atoms with Gasteiger partial charge in [0.15, 0.2) is 0 Å². The summed E-state index contributed by atoms with van der Waals surface area (Å²) in [6.07, 6.45) is 5.84. The van der Waals surface area contributed by atoms with Crippen molar-refractivity contribution < 1.29 is 4.79 Å². The summed E-state index contributed by atoms with van der Waals surface area (Å²) < 4.78 is 0. The Kier molecular flexibility index (Phi) is 1.92. The van der Waals surface area contributed by atoms with Crippen LogP contribution in [0, 0.1) is 0 Å². The number of hydrogen-bond acceptors (Lipinski definition) is 1. The molecule has 1 rings (SSSR count). The Hall–Kier alpha value is -0.500. The van der Waals surface area contributed by atoms with Crippen LogP contribution in [0.2, 0.25) is 0 Å². The van der Waals surface area contributed by atoms with Gasteiger partial charge in [0.05, 0.1) is 0 Å². The first-order valence-electron chi connectivity index (χ1n) is 2.39. The molecule has 0 aromatic rings. The SMILES string of the molecule is O=[C]C[SH]1C=CC=C1. The summed E-state index contributed by atoms with van der Waals surface area (Å²) in [4.78, 5) is 9.78. The van der Waals surface area contributed by atoms with E-state index in [0.717, 1.165) is 0 Å². The number of carbonyl (C=O) groups excluding carboxylic acids is 1. The lowest BCUT2D eigenvalue weighted by Gasteiger charge is -1.99. The highest BCUT2D eigenvalue weighted by Crippen LogP contribution is 2.30. The Bertz CT molecular complexity index is 125. The fourth-order valence-corrected chi connectivity index (χ4v) is 1.65. The second-order valence-corrected chi connectivity index (χ2v) is 3.44. The molecule has 0 amide bonds. The van der Waals surface area contributed by atoms with E-state index in [1.165, 1.54) is 0 Å². The minimum atomic E-state index is -0.230. The molecule has 2 heteroatoms. The van der Waals surface area contributed by atoms with E-state index in [4.69, 9.17) is 0 Å². The van der Waals surface area contributed by atoms with Crippen molar-refractivity contribution in [1.29, 1.82) is 0 Å². The molecule has 0 fully saturated rings. The minimum absolute atomic E-state index is 0.230. The zero-order chi connectivity index (χ0) is 5.82. The average molecular weight is 127 g/mol. The van der Waals surface area contributed by atoms with E-state index >= 15 is 0 Å². The van der Waals surface area contributed by atoms with Gasteiger partial charge in [0.1, 0.15) is 0 Å². The summed E-state index contributed by atoms with van der Waals surface area (Å²) in [5.41, 5.74) is 0. The van der Waals surface area contributed by atoms with Crippen molar-refractivity contribution in [3.8, 4) is 0 Å². The van der Waals surface area contributed by atoms with Gasteiger partial charge in [0.2, 0.25) is 6.29 Å². The highest BCUT2D eigenvalue weighted by atomic mass is 32.2. The molecule has 1 radical (unpaired) electrons. The van der Waals surface area contributed by atoms with Crippen LogP contribution in [0.15, 0.2) is 23.0 Å². The Morgan fingerprint density at radius 3 is 2.50 bits per heavy atom. The van der Waals surface area contributed by atoms with Crippen LogP contribution in [0.25, 0.3) is 0 Å². The zero-order valence-corrected chi connectivity index (χ0v) is 5.27. The molecule has 43 valence electrons. The molecular weight excluding hydrogens is 120 g/mol. The summed E-state index contributed by atoms with van der Waals surface area (Å²) in [7, 11) is -0.230. The van der Waals surface area contributed by atoms with E-state index in [2.05, 4.69) is 10.8 Å². The van der Waals surface area contributed by atoms with Gasteiger partial charge < -0.3 is 0 Å². The first-order valence-corrected chi connectivity index (χ1v) is 4.06. The lowest BCUT2D eigenvalue weighted by atomic mass is 10.6.